The Labute approximate surface area is 101 Å². The molecule has 1 heterocycles. The fourth-order valence-corrected chi connectivity index (χ4v) is 1.96. The first kappa shape index (κ1) is 14.6. The fraction of sp³-hybridized carbons (Fsp3) is 0.700. The Balaban J connectivity index is 0.00000196. The first-order valence-electron chi connectivity index (χ1n) is 5.02. The Morgan fingerprint density at radius 1 is 1.53 bits per heavy atom. The number of likely N-dealkylation sites (N-methyl/N-ethyl adjacent to an activating group) is 1. The Bertz CT molecular complexity index is 249. The minimum Gasteiger partial charge on any atom is -1.00 e. The van der Waals surface area contributed by atoms with Gasteiger partial charge in [0.25, 0.3) is 0 Å². The van der Waals surface area contributed by atoms with Crippen LogP contribution in [0.4, 0.5) is 0 Å². The van der Waals surface area contributed by atoms with Crippen molar-refractivity contribution in [2.45, 2.75) is 13.8 Å². The Morgan fingerprint density at radius 2 is 2.13 bits per heavy atom. The fourth-order valence-electron chi connectivity index (χ4n) is 1.96. The number of nitrogens with zero attached hydrogens (tertiary/aromatic N) is 1. The standard InChI is InChI=1S/C10H17NO3.BrH/c1-3-11(4-2)5-6-14-8-9(11)7-10(12)13;/h7H,3-6,8H2,1-2H3;1H. The van der Waals surface area contributed by atoms with E-state index in [1.807, 2.05) is 0 Å². The number of carbonyl (C=O) groups is 1. The number of ether oxygens (including phenoxy) is 1. The van der Waals surface area contributed by atoms with Crippen molar-refractivity contribution in [3.05, 3.63) is 11.8 Å². The van der Waals surface area contributed by atoms with Crippen LogP contribution in [0.15, 0.2) is 11.8 Å². The lowest BCUT2D eigenvalue weighted by atomic mass is 10.2. The molecule has 0 aliphatic carbocycles. The number of halogens is 1. The molecule has 1 fully saturated rings. The molecule has 0 saturated carbocycles. The summed E-state index contributed by atoms with van der Waals surface area (Å²) in [6, 6.07) is 0. The van der Waals surface area contributed by atoms with Gasteiger partial charge in [0.2, 0.25) is 0 Å². The second kappa shape index (κ2) is 6.25. The highest BCUT2D eigenvalue weighted by atomic mass is 79.9. The summed E-state index contributed by atoms with van der Waals surface area (Å²) in [5, 5.41) is 8.75. The molecule has 5 heteroatoms. The summed E-state index contributed by atoms with van der Waals surface area (Å²) in [6.07, 6.45) is 1.30. The highest BCUT2D eigenvalue weighted by molar-refractivity contribution is 5.80. The predicted molar refractivity (Wildman–Crippen MR) is 52.7 cm³/mol. The van der Waals surface area contributed by atoms with Crippen LogP contribution in [0, 0.1) is 0 Å². The van der Waals surface area contributed by atoms with Crippen LogP contribution in [0.2, 0.25) is 0 Å². The molecule has 0 unspecified atom stereocenters. The third kappa shape index (κ3) is 3.29. The van der Waals surface area contributed by atoms with Gasteiger partial charge in [-0.3, -0.25) is 4.48 Å². The van der Waals surface area contributed by atoms with Crippen molar-refractivity contribution in [3.63, 3.8) is 0 Å². The largest absolute Gasteiger partial charge is 1.00 e. The first-order valence-corrected chi connectivity index (χ1v) is 5.02. The van der Waals surface area contributed by atoms with E-state index in [9.17, 15) is 4.79 Å². The van der Waals surface area contributed by atoms with Gasteiger partial charge in [-0.25, -0.2) is 4.79 Å². The lowest BCUT2D eigenvalue weighted by molar-refractivity contribution is -0.896. The summed E-state index contributed by atoms with van der Waals surface area (Å²) in [6.45, 7) is 8.09. The number of hydrogen-bond acceptors (Lipinski definition) is 2. The SMILES string of the molecule is CC[N+]1(CC)CCOCC1=CC(=O)O.[Br-]. The number of carboxylic acid groups (broad SMARTS) is 1. The molecule has 1 saturated heterocycles. The van der Waals surface area contributed by atoms with Gasteiger partial charge in [-0.1, -0.05) is 0 Å². The second-order valence-corrected chi connectivity index (χ2v) is 3.53. The van der Waals surface area contributed by atoms with E-state index in [-0.39, 0.29) is 17.0 Å². The molecule has 0 spiro atoms. The van der Waals surface area contributed by atoms with Crippen LogP contribution < -0.4 is 17.0 Å². The Hall–Kier alpha value is -0.390. The molecule has 0 amide bonds. The summed E-state index contributed by atoms with van der Waals surface area (Å²) >= 11 is 0. The number of morpholine rings is 1. The molecule has 15 heavy (non-hydrogen) atoms. The average Bonchev–Trinajstić information content (AvgIpc) is 2.18. The molecule has 0 atom stereocenters. The van der Waals surface area contributed by atoms with E-state index in [0.29, 0.717) is 6.61 Å². The van der Waals surface area contributed by atoms with E-state index < -0.39 is 5.97 Å². The Kier molecular flexibility index (Phi) is 6.09. The minimum atomic E-state index is -0.880. The van der Waals surface area contributed by atoms with E-state index >= 15 is 0 Å². The highest BCUT2D eigenvalue weighted by Gasteiger charge is 2.33. The number of rotatable bonds is 3. The van der Waals surface area contributed by atoms with Crippen molar-refractivity contribution in [2.24, 2.45) is 0 Å². The van der Waals surface area contributed by atoms with Gasteiger partial charge in [-0.15, -0.1) is 0 Å². The molecule has 1 N–H and O–H groups in total. The monoisotopic (exact) mass is 279 g/mol. The van der Waals surface area contributed by atoms with Gasteiger partial charge < -0.3 is 26.8 Å². The summed E-state index contributed by atoms with van der Waals surface area (Å²) in [5.74, 6) is -0.880. The number of quaternary nitrogens is 1. The van der Waals surface area contributed by atoms with Crippen LogP contribution in [0.3, 0.4) is 0 Å². The van der Waals surface area contributed by atoms with Crippen LogP contribution >= 0.6 is 0 Å². The second-order valence-electron chi connectivity index (χ2n) is 3.53. The van der Waals surface area contributed by atoms with E-state index in [2.05, 4.69) is 13.8 Å². The molecular weight excluding hydrogens is 262 g/mol. The zero-order valence-electron chi connectivity index (χ0n) is 9.20. The van der Waals surface area contributed by atoms with E-state index in [4.69, 9.17) is 9.84 Å². The molecule has 0 aromatic rings. The molecule has 4 nitrogen and oxygen atoms in total. The first-order chi connectivity index (χ1) is 6.64. The van der Waals surface area contributed by atoms with Crippen LogP contribution in [0.5, 0.6) is 0 Å². The topological polar surface area (TPSA) is 46.5 Å². The third-order valence-electron chi connectivity index (χ3n) is 3.02. The molecule has 0 bridgehead atoms. The molecule has 1 rings (SSSR count). The summed E-state index contributed by atoms with van der Waals surface area (Å²) in [4.78, 5) is 10.6. The van der Waals surface area contributed by atoms with Crippen molar-refractivity contribution >= 4 is 5.97 Å². The summed E-state index contributed by atoms with van der Waals surface area (Å²) < 4.78 is 6.05. The molecule has 0 radical (unpaired) electrons. The van der Waals surface area contributed by atoms with Crippen LogP contribution in [-0.4, -0.2) is 48.4 Å². The van der Waals surface area contributed by atoms with Gasteiger partial charge in [-0.2, -0.15) is 0 Å². The van der Waals surface area contributed by atoms with Gasteiger partial charge in [0.15, 0.2) is 0 Å². The van der Waals surface area contributed by atoms with Crippen molar-refractivity contribution in [1.82, 2.24) is 0 Å². The van der Waals surface area contributed by atoms with Gasteiger partial charge in [0.05, 0.1) is 25.8 Å². The maximum Gasteiger partial charge on any atom is 0.334 e. The quantitative estimate of drug-likeness (QED) is 0.473. The molecule has 0 aromatic heterocycles. The minimum absolute atomic E-state index is 0. The molecule has 88 valence electrons. The maximum atomic E-state index is 10.6. The van der Waals surface area contributed by atoms with Gasteiger partial charge >= 0.3 is 5.97 Å². The van der Waals surface area contributed by atoms with Gasteiger partial charge in [-0.05, 0) is 13.8 Å². The van der Waals surface area contributed by atoms with Crippen molar-refractivity contribution in [2.75, 3.05) is 32.8 Å². The van der Waals surface area contributed by atoms with E-state index in [1.165, 1.54) is 6.08 Å². The zero-order valence-corrected chi connectivity index (χ0v) is 10.8. The predicted octanol–water partition coefficient (Wildman–Crippen LogP) is -2.15. The highest BCUT2D eigenvalue weighted by Crippen LogP contribution is 2.21. The summed E-state index contributed by atoms with van der Waals surface area (Å²) in [5.41, 5.74) is 0.883. The smallest absolute Gasteiger partial charge is 0.334 e. The van der Waals surface area contributed by atoms with E-state index in [0.717, 1.165) is 36.4 Å². The lowest BCUT2D eigenvalue weighted by Gasteiger charge is -2.40. The van der Waals surface area contributed by atoms with Crippen molar-refractivity contribution < 1.29 is 36.1 Å². The molecule has 1 aliphatic heterocycles. The third-order valence-corrected chi connectivity index (χ3v) is 3.02. The average molecular weight is 280 g/mol. The Morgan fingerprint density at radius 3 is 2.60 bits per heavy atom. The van der Waals surface area contributed by atoms with E-state index in [1.54, 1.807) is 0 Å². The maximum absolute atomic E-state index is 10.6. The number of aliphatic carboxylic acids is 1. The number of hydrogen-bond donors (Lipinski definition) is 1. The van der Waals surface area contributed by atoms with Crippen molar-refractivity contribution in [1.29, 1.82) is 0 Å². The van der Waals surface area contributed by atoms with Crippen LogP contribution in [-0.2, 0) is 9.53 Å². The molecular formula is C10H18BrNO3. The molecule has 1 aliphatic rings. The van der Waals surface area contributed by atoms with Crippen LogP contribution in [0.25, 0.3) is 0 Å². The van der Waals surface area contributed by atoms with Gasteiger partial charge in [0.1, 0.15) is 18.8 Å². The lowest BCUT2D eigenvalue weighted by Crippen LogP contribution is -3.00. The van der Waals surface area contributed by atoms with Gasteiger partial charge in [0, 0.05) is 0 Å². The van der Waals surface area contributed by atoms with Crippen molar-refractivity contribution in [3.8, 4) is 0 Å². The normalized spacial score (nSPS) is 22.1. The number of carboxylic acids is 1. The molecule has 0 aromatic carbocycles. The van der Waals surface area contributed by atoms with Crippen LogP contribution in [0.1, 0.15) is 13.8 Å². The summed E-state index contributed by atoms with van der Waals surface area (Å²) in [7, 11) is 0. The zero-order chi connectivity index (χ0) is 10.6.